The maximum absolute atomic E-state index is 12.5. The molecule has 1 aliphatic rings. The van der Waals surface area contributed by atoms with Gasteiger partial charge in [0, 0.05) is 17.6 Å². The third kappa shape index (κ3) is 2.41. The first-order chi connectivity index (χ1) is 9.46. The van der Waals surface area contributed by atoms with Crippen molar-refractivity contribution in [3.63, 3.8) is 0 Å². The number of aromatic nitrogens is 2. The number of halogens is 1. The molecule has 0 amide bonds. The Balaban J connectivity index is 1.92. The van der Waals surface area contributed by atoms with Gasteiger partial charge in [0.2, 0.25) is 0 Å². The van der Waals surface area contributed by atoms with Gasteiger partial charge >= 0.3 is 10.2 Å². The number of hydrogen-bond donors (Lipinski definition) is 0. The molecule has 1 aromatic heterocycles. The van der Waals surface area contributed by atoms with Crippen molar-refractivity contribution in [1.82, 2.24) is 8.28 Å². The molecule has 0 fully saturated rings. The first kappa shape index (κ1) is 13.8. The Hall–Kier alpha value is -1.18. The Bertz CT molecular complexity index is 755. The summed E-state index contributed by atoms with van der Waals surface area (Å²) in [5.74, 6) is 0. The molecule has 1 aromatic carbocycles. The van der Waals surface area contributed by atoms with Crippen molar-refractivity contribution in [2.45, 2.75) is 13.0 Å². The van der Waals surface area contributed by atoms with Crippen LogP contribution in [0.3, 0.4) is 0 Å². The summed E-state index contributed by atoms with van der Waals surface area (Å²) in [5.41, 5.74) is 2.28. The lowest BCUT2D eigenvalue weighted by Crippen LogP contribution is -2.39. The number of nitrogens with zero attached hydrogens (tertiary/aromatic N) is 3. The SMILES string of the molecule is C[n+]1ccn(S(=O)(=O)N2CCc3cc(Br)ccc3C2)c1. The minimum absolute atomic E-state index is 0.423. The van der Waals surface area contributed by atoms with Crippen molar-refractivity contribution >= 4 is 26.1 Å². The van der Waals surface area contributed by atoms with Gasteiger partial charge in [-0.05, 0) is 29.7 Å². The molecule has 0 aliphatic carbocycles. The van der Waals surface area contributed by atoms with Gasteiger partial charge in [0.05, 0.1) is 7.05 Å². The lowest BCUT2D eigenvalue weighted by Gasteiger charge is -2.26. The van der Waals surface area contributed by atoms with Gasteiger partial charge in [-0.25, -0.2) is 4.57 Å². The zero-order valence-corrected chi connectivity index (χ0v) is 13.4. The molecule has 2 heterocycles. The third-order valence-corrected chi connectivity index (χ3v) is 5.69. The molecule has 0 N–H and O–H groups in total. The highest BCUT2D eigenvalue weighted by atomic mass is 79.9. The lowest BCUT2D eigenvalue weighted by atomic mass is 10.0. The molecule has 0 spiro atoms. The molecule has 0 radical (unpaired) electrons. The van der Waals surface area contributed by atoms with Crippen molar-refractivity contribution in [2.24, 2.45) is 7.05 Å². The fourth-order valence-corrected chi connectivity index (χ4v) is 4.17. The summed E-state index contributed by atoms with van der Waals surface area (Å²) in [4.78, 5) is 0. The Labute approximate surface area is 126 Å². The molecular formula is C13H15BrN3O2S+. The molecule has 0 bridgehead atoms. The van der Waals surface area contributed by atoms with Gasteiger partial charge in [0.15, 0.2) is 0 Å². The second kappa shape index (κ2) is 4.98. The van der Waals surface area contributed by atoms with Crippen LogP contribution >= 0.6 is 15.9 Å². The predicted octanol–water partition coefficient (Wildman–Crippen LogP) is 1.23. The van der Waals surface area contributed by atoms with E-state index < -0.39 is 10.2 Å². The van der Waals surface area contributed by atoms with Crippen molar-refractivity contribution in [3.8, 4) is 0 Å². The Morgan fingerprint density at radius 2 is 2.10 bits per heavy atom. The van der Waals surface area contributed by atoms with E-state index in [2.05, 4.69) is 22.0 Å². The number of aryl methyl sites for hydroxylation is 1. The molecule has 2 aromatic rings. The molecule has 7 heteroatoms. The van der Waals surface area contributed by atoms with Crippen molar-refractivity contribution in [1.29, 1.82) is 0 Å². The first-order valence-electron chi connectivity index (χ1n) is 6.28. The van der Waals surface area contributed by atoms with E-state index in [1.54, 1.807) is 30.3 Å². The highest BCUT2D eigenvalue weighted by Crippen LogP contribution is 2.24. The smallest absolute Gasteiger partial charge is 0.238 e. The van der Waals surface area contributed by atoms with E-state index >= 15 is 0 Å². The van der Waals surface area contributed by atoms with Crippen LogP contribution in [0.4, 0.5) is 0 Å². The molecule has 20 heavy (non-hydrogen) atoms. The number of fused-ring (bicyclic) bond motifs is 1. The molecule has 1 aliphatic heterocycles. The molecule has 3 rings (SSSR count). The molecule has 0 unspecified atom stereocenters. The van der Waals surface area contributed by atoms with Gasteiger partial charge < -0.3 is 0 Å². The van der Waals surface area contributed by atoms with Crippen molar-refractivity contribution in [2.75, 3.05) is 6.54 Å². The molecule has 106 valence electrons. The Kier molecular flexibility index (Phi) is 3.43. The van der Waals surface area contributed by atoms with Gasteiger partial charge in [-0.1, -0.05) is 22.0 Å². The van der Waals surface area contributed by atoms with E-state index in [4.69, 9.17) is 0 Å². The van der Waals surface area contributed by atoms with Gasteiger partial charge in [0.25, 0.3) is 6.33 Å². The standard InChI is InChI=1S/C13H15BrN3O2S/c1-15-6-7-17(10-15)20(18,19)16-5-4-11-8-13(14)3-2-12(11)9-16/h2-3,6-8,10H,4-5,9H2,1H3/q+1. The second-order valence-electron chi connectivity index (χ2n) is 4.91. The summed E-state index contributed by atoms with van der Waals surface area (Å²) in [7, 11) is -1.68. The van der Waals surface area contributed by atoms with Crippen LogP contribution in [0.5, 0.6) is 0 Å². The summed E-state index contributed by atoms with van der Waals surface area (Å²) in [6.45, 7) is 0.931. The van der Waals surface area contributed by atoms with E-state index in [1.807, 2.05) is 12.1 Å². The number of imidazole rings is 1. The molecule has 0 saturated heterocycles. The van der Waals surface area contributed by atoms with E-state index in [9.17, 15) is 8.42 Å². The monoisotopic (exact) mass is 356 g/mol. The third-order valence-electron chi connectivity index (χ3n) is 3.48. The average molecular weight is 357 g/mol. The van der Waals surface area contributed by atoms with E-state index in [1.165, 1.54) is 13.8 Å². The summed E-state index contributed by atoms with van der Waals surface area (Å²) in [6, 6.07) is 6.00. The van der Waals surface area contributed by atoms with Crippen molar-refractivity contribution in [3.05, 3.63) is 52.5 Å². The zero-order valence-electron chi connectivity index (χ0n) is 11.0. The zero-order chi connectivity index (χ0) is 14.3. The molecule has 5 nitrogen and oxygen atoms in total. The van der Waals surface area contributed by atoms with Gasteiger partial charge in [-0.2, -0.15) is 12.7 Å². The van der Waals surface area contributed by atoms with Gasteiger partial charge in [-0.3, -0.25) is 0 Å². The van der Waals surface area contributed by atoms with E-state index in [0.717, 1.165) is 16.5 Å². The minimum atomic E-state index is -3.48. The van der Waals surface area contributed by atoms with Crippen molar-refractivity contribution < 1.29 is 13.0 Å². The largest absolute Gasteiger partial charge is 0.380 e. The Morgan fingerprint density at radius 3 is 2.80 bits per heavy atom. The van der Waals surface area contributed by atoms with Crippen LogP contribution in [0.1, 0.15) is 11.1 Å². The molecule has 0 saturated carbocycles. The van der Waals surface area contributed by atoms with E-state index in [-0.39, 0.29) is 0 Å². The van der Waals surface area contributed by atoms with Crippen LogP contribution in [-0.4, -0.2) is 23.2 Å². The van der Waals surface area contributed by atoms with Gasteiger partial charge in [-0.15, -0.1) is 3.97 Å². The quantitative estimate of drug-likeness (QED) is 0.759. The normalized spacial score (nSPS) is 16.1. The average Bonchev–Trinajstić information content (AvgIpc) is 2.85. The second-order valence-corrected chi connectivity index (χ2v) is 7.66. The number of hydrogen-bond acceptors (Lipinski definition) is 2. The molecular weight excluding hydrogens is 342 g/mol. The maximum atomic E-state index is 12.5. The van der Waals surface area contributed by atoms with Crippen LogP contribution in [0, 0.1) is 0 Å². The number of rotatable bonds is 2. The topological polar surface area (TPSA) is 46.2 Å². The van der Waals surface area contributed by atoms with Crippen LogP contribution in [0.25, 0.3) is 0 Å². The fraction of sp³-hybridized carbons (Fsp3) is 0.308. The van der Waals surface area contributed by atoms with Crippen LogP contribution < -0.4 is 4.57 Å². The minimum Gasteiger partial charge on any atom is -0.238 e. The predicted molar refractivity (Wildman–Crippen MR) is 78.2 cm³/mol. The number of benzene rings is 1. The van der Waals surface area contributed by atoms with Gasteiger partial charge in [0.1, 0.15) is 12.4 Å². The van der Waals surface area contributed by atoms with Crippen LogP contribution in [-0.2, 0) is 30.2 Å². The lowest BCUT2D eigenvalue weighted by molar-refractivity contribution is -0.670. The maximum Gasteiger partial charge on any atom is 0.380 e. The summed E-state index contributed by atoms with van der Waals surface area (Å²) in [6.07, 6.45) is 5.58. The highest BCUT2D eigenvalue weighted by molar-refractivity contribution is 9.10. The summed E-state index contributed by atoms with van der Waals surface area (Å²) in [5, 5.41) is 0. The Morgan fingerprint density at radius 1 is 1.30 bits per heavy atom. The van der Waals surface area contributed by atoms with E-state index in [0.29, 0.717) is 13.1 Å². The highest BCUT2D eigenvalue weighted by Gasteiger charge is 2.31. The summed E-state index contributed by atoms with van der Waals surface area (Å²) < 4.78 is 30.6. The molecule has 0 atom stereocenters. The fourth-order valence-electron chi connectivity index (χ4n) is 2.39. The summed E-state index contributed by atoms with van der Waals surface area (Å²) >= 11 is 3.45. The van der Waals surface area contributed by atoms with Crippen LogP contribution in [0.2, 0.25) is 0 Å². The van der Waals surface area contributed by atoms with Crippen LogP contribution in [0.15, 0.2) is 41.4 Å². The first-order valence-corrected chi connectivity index (χ1v) is 8.47.